The molecule has 0 spiro atoms. The van der Waals surface area contributed by atoms with E-state index in [1.807, 2.05) is 0 Å². The second-order valence-corrected chi connectivity index (χ2v) is 6.07. The molecule has 0 bridgehead atoms. The van der Waals surface area contributed by atoms with Crippen molar-refractivity contribution in [3.8, 4) is 5.69 Å². The third kappa shape index (κ3) is 1.25. The lowest BCUT2D eigenvalue weighted by molar-refractivity contribution is 0.645. The van der Waals surface area contributed by atoms with Crippen LogP contribution in [0.4, 0.5) is 0 Å². The normalized spacial score (nSPS) is 15.5. The molecule has 0 unspecified atom stereocenters. The van der Waals surface area contributed by atoms with Crippen molar-refractivity contribution >= 4 is 10.9 Å². The molecule has 2 heterocycles. The van der Waals surface area contributed by atoms with Crippen LogP contribution in [0.2, 0.25) is 0 Å². The molecule has 1 aromatic heterocycles. The predicted octanol–water partition coefficient (Wildman–Crippen LogP) is 4.58. The minimum Gasteiger partial charge on any atom is -0.312 e. The zero-order valence-electron chi connectivity index (χ0n) is 11.6. The largest absolute Gasteiger partial charge is 0.312 e. The first-order valence-corrected chi connectivity index (χ1v) is 6.81. The molecule has 94 valence electrons. The first-order chi connectivity index (χ1) is 9.09. The highest BCUT2D eigenvalue weighted by molar-refractivity contribution is 5.86. The molecule has 0 radical (unpaired) electrons. The van der Waals surface area contributed by atoms with Gasteiger partial charge in [0, 0.05) is 22.2 Å². The van der Waals surface area contributed by atoms with Gasteiger partial charge in [-0.25, -0.2) is 0 Å². The summed E-state index contributed by atoms with van der Waals surface area (Å²) in [6, 6.07) is 17.8. The third-order valence-electron chi connectivity index (χ3n) is 4.42. The summed E-state index contributed by atoms with van der Waals surface area (Å²) in [5.41, 5.74) is 6.88. The van der Waals surface area contributed by atoms with E-state index in [1.165, 1.54) is 33.4 Å². The minimum absolute atomic E-state index is 0.0868. The number of nitrogens with zero attached hydrogens (tertiary/aromatic N) is 1. The minimum atomic E-state index is 0.0868. The highest BCUT2D eigenvalue weighted by Crippen LogP contribution is 2.45. The van der Waals surface area contributed by atoms with Crippen molar-refractivity contribution in [3.63, 3.8) is 0 Å². The summed E-state index contributed by atoms with van der Waals surface area (Å²) in [6.45, 7) is 6.79. The van der Waals surface area contributed by atoms with Gasteiger partial charge in [0.2, 0.25) is 0 Å². The van der Waals surface area contributed by atoms with Gasteiger partial charge < -0.3 is 4.57 Å². The van der Waals surface area contributed by atoms with Gasteiger partial charge in [-0.15, -0.1) is 0 Å². The van der Waals surface area contributed by atoms with E-state index in [0.29, 0.717) is 0 Å². The fourth-order valence-corrected chi connectivity index (χ4v) is 3.39. The number of benzene rings is 2. The fraction of sp³-hybridized carbons (Fsp3) is 0.222. The Labute approximate surface area is 113 Å². The summed E-state index contributed by atoms with van der Waals surface area (Å²) in [5.74, 6) is 0. The maximum Gasteiger partial charge on any atom is 0.0532 e. The predicted molar refractivity (Wildman–Crippen MR) is 80.1 cm³/mol. The van der Waals surface area contributed by atoms with Gasteiger partial charge in [-0.05, 0) is 36.8 Å². The van der Waals surface area contributed by atoms with Crippen molar-refractivity contribution in [1.82, 2.24) is 4.57 Å². The molecular weight excluding hydrogens is 230 g/mol. The Hall–Kier alpha value is -2.02. The average Bonchev–Trinajstić information content (AvgIpc) is 2.86. The van der Waals surface area contributed by atoms with E-state index in [-0.39, 0.29) is 5.41 Å². The van der Waals surface area contributed by atoms with Gasteiger partial charge in [0.25, 0.3) is 0 Å². The standard InChI is InChI=1S/C18H17N/c1-12-8-9-15-13(10-12)11-17-18(2,3)14-6-4-5-7-16(14)19(15)17/h4-11H,1-3H3. The number of aromatic nitrogens is 1. The molecule has 0 aliphatic carbocycles. The smallest absolute Gasteiger partial charge is 0.0532 e. The van der Waals surface area contributed by atoms with E-state index in [1.54, 1.807) is 0 Å². The van der Waals surface area contributed by atoms with E-state index < -0.39 is 0 Å². The quantitative estimate of drug-likeness (QED) is 0.548. The van der Waals surface area contributed by atoms with Crippen molar-refractivity contribution < 1.29 is 0 Å². The van der Waals surface area contributed by atoms with Gasteiger partial charge in [0.15, 0.2) is 0 Å². The lowest BCUT2D eigenvalue weighted by Crippen LogP contribution is -2.14. The van der Waals surface area contributed by atoms with Crippen LogP contribution in [0, 0.1) is 6.92 Å². The van der Waals surface area contributed by atoms with Crippen LogP contribution >= 0.6 is 0 Å². The Balaban J connectivity index is 2.18. The third-order valence-corrected chi connectivity index (χ3v) is 4.42. The molecule has 1 aliphatic rings. The molecule has 0 amide bonds. The molecule has 3 aromatic rings. The zero-order chi connectivity index (χ0) is 13.2. The van der Waals surface area contributed by atoms with Crippen molar-refractivity contribution in [1.29, 1.82) is 0 Å². The van der Waals surface area contributed by atoms with Crippen LogP contribution < -0.4 is 0 Å². The molecule has 1 nitrogen and oxygen atoms in total. The number of fused-ring (bicyclic) bond motifs is 5. The van der Waals surface area contributed by atoms with Gasteiger partial charge in [0.1, 0.15) is 0 Å². The highest BCUT2D eigenvalue weighted by Gasteiger charge is 2.36. The lowest BCUT2D eigenvalue weighted by Gasteiger charge is -2.18. The zero-order valence-corrected chi connectivity index (χ0v) is 11.6. The first-order valence-electron chi connectivity index (χ1n) is 6.81. The van der Waals surface area contributed by atoms with Crippen molar-refractivity contribution in [2.75, 3.05) is 0 Å². The van der Waals surface area contributed by atoms with Crippen molar-refractivity contribution in [2.24, 2.45) is 0 Å². The van der Waals surface area contributed by atoms with E-state index in [4.69, 9.17) is 0 Å². The fourth-order valence-electron chi connectivity index (χ4n) is 3.39. The van der Waals surface area contributed by atoms with Gasteiger partial charge in [-0.1, -0.05) is 43.7 Å². The molecule has 19 heavy (non-hydrogen) atoms. The number of rotatable bonds is 0. The van der Waals surface area contributed by atoms with Crippen LogP contribution in [0.1, 0.15) is 30.7 Å². The molecule has 1 heteroatoms. The lowest BCUT2D eigenvalue weighted by atomic mass is 9.83. The summed E-state index contributed by atoms with van der Waals surface area (Å²) < 4.78 is 2.42. The van der Waals surface area contributed by atoms with Crippen LogP contribution in [0.25, 0.3) is 16.6 Å². The van der Waals surface area contributed by atoms with Gasteiger partial charge in [-0.2, -0.15) is 0 Å². The molecular formula is C18H17N. The van der Waals surface area contributed by atoms with Crippen molar-refractivity contribution in [2.45, 2.75) is 26.2 Å². The number of hydrogen-bond donors (Lipinski definition) is 0. The topological polar surface area (TPSA) is 4.93 Å². The molecule has 1 aliphatic heterocycles. The van der Waals surface area contributed by atoms with Crippen LogP contribution in [0.5, 0.6) is 0 Å². The van der Waals surface area contributed by atoms with Crippen LogP contribution in [-0.4, -0.2) is 4.57 Å². The van der Waals surface area contributed by atoms with E-state index in [0.717, 1.165) is 0 Å². The average molecular weight is 247 g/mol. The molecule has 0 N–H and O–H groups in total. The second-order valence-electron chi connectivity index (χ2n) is 6.07. The molecule has 0 atom stereocenters. The summed E-state index contributed by atoms with van der Waals surface area (Å²) in [5, 5.41) is 1.34. The van der Waals surface area contributed by atoms with Crippen LogP contribution in [0.15, 0.2) is 48.5 Å². The summed E-state index contributed by atoms with van der Waals surface area (Å²) in [4.78, 5) is 0. The second kappa shape index (κ2) is 3.30. The van der Waals surface area contributed by atoms with Crippen LogP contribution in [-0.2, 0) is 5.41 Å². The SMILES string of the molecule is Cc1ccc2c(c1)cc1n2-c2ccccc2C1(C)C. The van der Waals surface area contributed by atoms with E-state index in [9.17, 15) is 0 Å². The van der Waals surface area contributed by atoms with E-state index >= 15 is 0 Å². The van der Waals surface area contributed by atoms with Crippen molar-refractivity contribution in [3.05, 3.63) is 65.4 Å². The maximum atomic E-state index is 2.42. The Morgan fingerprint density at radius 3 is 2.58 bits per heavy atom. The molecule has 0 saturated carbocycles. The Morgan fingerprint density at radius 2 is 1.74 bits per heavy atom. The maximum absolute atomic E-state index is 2.42. The highest BCUT2D eigenvalue weighted by atomic mass is 15.0. The Kier molecular flexibility index (Phi) is 1.88. The van der Waals surface area contributed by atoms with Gasteiger partial charge in [-0.3, -0.25) is 0 Å². The Morgan fingerprint density at radius 1 is 0.947 bits per heavy atom. The Bertz CT molecular complexity index is 806. The van der Waals surface area contributed by atoms with Gasteiger partial charge in [0.05, 0.1) is 5.52 Å². The first kappa shape index (κ1) is 10.9. The summed E-state index contributed by atoms with van der Waals surface area (Å²) in [7, 11) is 0. The molecule has 0 fully saturated rings. The van der Waals surface area contributed by atoms with E-state index in [2.05, 4.69) is 73.9 Å². The summed E-state index contributed by atoms with van der Waals surface area (Å²) >= 11 is 0. The molecule has 2 aromatic carbocycles. The van der Waals surface area contributed by atoms with Gasteiger partial charge >= 0.3 is 0 Å². The summed E-state index contributed by atoms with van der Waals surface area (Å²) in [6.07, 6.45) is 0. The number of aryl methyl sites for hydroxylation is 1. The monoisotopic (exact) mass is 247 g/mol. The molecule has 4 rings (SSSR count). The number of hydrogen-bond acceptors (Lipinski definition) is 0. The molecule has 0 saturated heterocycles. The number of para-hydroxylation sites is 1. The van der Waals surface area contributed by atoms with Crippen LogP contribution in [0.3, 0.4) is 0 Å².